The van der Waals surface area contributed by atoms with Gasteiger partial charge in [0.25, 0.3) is 0 Å². The first-order chi connectivity index (χ1) is 15.7. The maximum atomic E-state index is 16.0. The molecule has 3 heterocycles. The van der Waals surface area contributed by atoms with Crippen LogP contribution in [0.3, 0.4) is 0 Å². The third-order valence-corrected chi connectivity index (χ3v) is 7.70. The first-order valence-corrected chi connectivity index (χ1v) is 11.8. The number of hydrogen-bond acceptors (Lipinski definition) is 5. The number of nitrogens with zero attached hydrogens (tertiary/aromatic N) is 2. The number of rotatable bonds is 4. The van der Waals surface area contributed by atoms with Crippen LogP contribution in [0.25, 0.3) is 22.0 Å². The second kappa shape index (κ2) is 7.90. The molecule has 0 saturated heterocycles. The number of aryl methyl sites for hydroxylation is 2. The third kappa shape index (κ3) is 3.44. The number of benzene rings is 2. The minimum Gasteiger partial charge on any atom is -0.390 e. The largest absolute Gasteiger partial charge is 0.390 e. The van der Waals surface area contributed by atoms with Gasteiger partial charge < -0.3 is 10.1 Å². The Morgan fingerprint density at radius 1 is 1.30 bits per heavy atom. The molecule has 0 unspecified atom stereocenters. The summed E-state index contributed by atoms with van der Waals surface area (Å²) in [6, 6.07) is 6.83. The van der Waals surface area contributed by atoms with Crippen LogP contribution in [0.2, 0.25) is 0 Å². The molecular formula is C25H26F2N4OS. The number of aromatic nitrogens is 2. The SMILES string of the molecule is Cc1ncsc1CNN1c2cc(F)c(-c3cccc4c(C)c[nH]c34)c(F)c2C[C@H](O)C1(C)C. The van der Waals surface area contributed by atoms with Gasteiger partial charge in [0.05, 0.1) is 46.2 Å². The summed E-state index contributed by atoms with van der Waals surface area (Å²) in [6.45, 7) is 8.04. The van der Waals surface area contributed by atoms with Crippen molar-refractivity contribution in [2.75, 3.05) is 5.01 Å². The van der Waals surface area contributed by atoms with Crippen molar-refractivity contribution in [3.8, 4) is 11.1 Å². The molecule has 2 aromatic carbocycles. The van der Waals surface area contributed by atoms with Crippen molar-refractivity contribution in [2.24, 2.45) is 0 Å². The normalized spacial score (nSPS) is 17.5. The molecule has 5 nitrogen and oxygen atoms in total. The average Bonchev–Trinajstić information content (AvgIpc) is 3.35. The lowest BCUT2D eigenvalue weighted by Crippen LogP contribution is -2.61. The Balaban J connectivity index is 1.64. The zero-order valence-corrected chi connectivity index (χ0v) is 19.8. The van der Waals surface area contributed by atoms with Crippen molar-refractivity contribution in [3.63, 3.8) is 0 Å². The fraction of sp³-hybridized carbons (Fsp3) is 0.320. The molecule has 1 atom stereocenters. The van der Waals surface area contributed by atoms with Crippen LogP contribution in [0.15, 0.2) is 36.0 Å². The van der Waals surface area contributed by atoms with Gasteiger partial charge in [-0.2, -0.15) is 0 Å². The second-order valence-electron chi connectivity index (χ2n) is 9.15. The molecule has 2 aromatic heterocycles. The van der Waals surface area contributed by atoms with E-state index in [1.165, 1.54) is 17.4 Å². The number of thiazole rings is 1. The number of halogens is 2. The third-order valence-electron chi connectivity index (χ3n) is 6.76. The highest BCUT2D eigenvalue weighted by Crippen LogP contribution is 2.43. The Labute approximate surface area is 195 Å². The van der Waals surface area contributed by atoms with E-state index in [-0.39, 0.29) is 12.0 Å². The summed E-state index contributed by atoms with van der Waals surface area (Å²) < 4.78 is 31.6. The molecule has 0 amide bonds. The van der Waals surface area contributed by atoms with Gasteiger partial charge in [-0.1, -0.05) is 18.2 Å². The molecule has 0 bridgehead atoms. The van der Waals surface area contributed by atoms with E-state index in [9.17, 15) is 5.11 Å². The van der Waals surface area contributed by atoms with Gasteiger partial charge in [-0.15, -0.1) is 11.3 Å². The van der Waals surface area contributed by atoms with E-state index in [0.717, 1.165) is 21.5 Å². The molecule has 8 heteroatoms. The maximum Gasteiger partial charge on any atom is 0.139 e. The van der Waals surface area contributed by atoms with Crippen molar-refractivity contribution in [1.29, 1.82) is 0 Å². The molecule has 0 saturated carbocycles. The van der Waals surface area contributed by atoms with Gasteiger partial charge >= 0.3 is 0 Å². The van der Waals surface area contributed by atoms with Crippen LogP contribution in [0.4, 0.5) is 14.5 Å². The number of aromatic amines is 1. The molecule has 0 spiro atoms. The first-order valence-electron chi connectivity index (χ1n) is 10.9. The number of nitrogens with one attached hydrogen (secondary N) is 2. The molecule has 4 aromatic rings. The van der Waals surface area contributed by atoms with Gasteiger partial charge in [0, 0.05) is 34.0 Å². The molecule has 0 aliphatic carbocycles. The topological polar surface area (TPSA) is 64.2 Å². The van der Waals surface area contributed by atoms with Gasteiger partial charge in [-0.3, -0.25) is 5.01 Å². The molecule has 5 rings (SSSR count). The smallest absolute Gasteiger partial charge is 0.139 e. The van der Waals surface area contributed by atoms with Crippen molar-refractivity contribution in [1.82, 2.24) is 15.4 Å². The summed E-state index contributed by atoms with van der Waals surface area (Å²) in [5.74, 6) is -1.28. The Kier molecular flexibility index (Phi) is 5.27. The van der Waals surface area contributed by atoms with Gasteiger partial charge in [-0.25, -0.2) is 19.2 Å². The number of hydrazine groups is 1. The molecule has 0 radical (unpaired) electrons. The van der Waals surface area contributed by atoms with Crippen LogP contribution >= 0.6 is 11.3 Å². The number of anilines is 1. The fourth-order valence-corrected chi connectivity index (χ4v) is 5.34. The summed E-state index contributed by atoms with van der Waals surface area (Å²) in [5, 5.41) is 13.6. The van der Waals surface area contributed by atoms with Gasteiger partial charge in [-0.05, 0) is 39.3 Å². The first kappa shape index (κ1) is 22.0. The molecule has 33 heavy (non-hydrogen) atoms. The summed E-state index contributed by atoms with van der Waals surface area (Å²) in [6.07, 6.45) is 1.08. The Morgan fingerprint density at radius 2 is 2.09 bits per heavy atom. The second-order valence-corrected chi connectivity index (χ2v) is 10.1. The van der Waals surface area contributed by atoms with E-state index in [1.807, 2.05) is 40.0 Å². The van der Waals surface area contributed by atoms with Crippen LogP contribution in [0.1, 0.15) is 35.5 Å². The van der Waals surface area contributed by atoms with Gasteiger partial charge in [0.1, 0.15) is 11.6 Å². The summed E-state index contributed by atoms with van der Waals surface area (Å²) in [4.78, 5) is 8.44. The van der Waals surface area contributed by atoms with E-state index in [2.05, 4.69) is 15.4 Å². The van der Waals surface area contributed by atoms with Crippen molar-refractivity contribution in [3.05, 3.63) is 69.3 Å². The lowest BCUT2D eigenvalue weighted by Gasteiger charge is -2.48. The number of aliphatic hydroxyl groups is 1. The lowest BCUT2D eigenvalue weighted by atomic mass is 9.83. The Morgan fingerprint density at radius 3 is 2.82 bits per heavy atom. The highest BCUT2D eigenvalue weighted by Gasteiger charge is 2.42. The molecule has 1 aliphatic rings. The highest BCUT2D eigenvalue weighted by molar-refractivity contribution is 7.09. The monoisotopic (exact) mass is 468 g/mol. The van der Waals surface area contributed by atoms with Crippen molar-refractivity contribution in [2.45, 2.75) is 52.3 Å². The quantitative estimate of drug-likeness (QED) is 0.376. The predicted molar refractivity (Wildman–Crippen MR) is 128 cm³/mol. The van der Waals surface area contributed by atoms with Gasteiger partial charge in [0.2, 0.25) is 0 Å². The zero-order valence-electron chi connectivity index (χ0n) is 19.0. The zero-order chi connectivity index (χ0) is 23.5. The van der Waals surface area contributed by atoms with Crippen molar-refractivity contribution < 1.29 is 13.9 Å². The molecule has 3 N–H and O–H groups in total. The molecule has 1 aliphatic heterocycles. The Hall–Kier alpha value is -2.81. The molecule has 0 fully saturated rings. The van der Waals surface area contributed by atoms with E-state index < -0.39 is 23.3 Å². The minimum absolute atomic E-state index is 0.0774. The van der Waals surface area contributed by atoms with Crippen LogP contribution in [-0.2, 0) is 13.0 Å². The van der Waals surface area contributed by atoms with E-state index >= 15 is 8.78 Å². The van der Waals surface area contributed by atoms with E-state index in [4.69, 9.17) is 0 Å². The summed E-state index contributed by atoms with van der Waals surface area (Å²) in [7, 11) is 0. The minimum atomic E-state index is -0.851. The van der Waals surface area contributed by atoms with Crippen LogP contribution in [0, 0.1) is 25.5 Å². The number of hydrogen-bond donors (Lipinski definition) is 3. The van der Waals surface area contributed by atoms with Crippen LogP contribution < -0.4 is 10.4 Å². The number of H-pyrrole nitrogens is 1. The van der Waals surface area contributed by atoms with E-state index in [0.29, 0.717) is 28.9 Å². The fourth-order valence-electron chi connectivity index (χ4n) is 4.63. The lowest BCUT2D eigenvalue weighted by molar-refractivity contribution is 0.0830. The molecule has 172 valence electrons. The predicted octanol–water partition coefficient (Wildman–Crippen LogP) is 5.39. The van der Waals surface area contributed by atoms with E-state index in [1.54, 1.807) is 22.7 Å². The van der Waals surface area contributed by atoms with Crippen molar-refractivity contribution >= 4 is 27.9 Å². The highest BCUT2D eigenvalue weighted by atomic mass is 32.1. The maximum absolute atomic E-state index is 16.0. The number of fused-ring (bicyclic) bond motifs is 2. The Bertz CT molecular complexity index is 1360. The average molecular weight is 469 g/mol. The van der Waals surface area contributed by atoms with Crippen LogP contribution in [0.5, 0.6) is 0 Å². The van der Waals surface area contributed by atoms with Crippen LogP contribution in [-0.4, -0.2) is 26.7 Å². The number of aliphatic hydroxyl groups excluding tert-OH is 1. The van der Waals surface area contributed by atoms with Gasteiger partial charge in [0.15, 0.2) is 0 Å². The molecular weight excluding hydrogens is 442 g/mol. The summed E-state index contributed by atoms with van der Waals surface area (Å²) >= 11 is 1.52. The standard InChI is InChI=1S/C25H26F2N4OS/c1-13-10-28-24-15(13)6-5-7-16(24)22-18(26)9-19-17(23(22)27)8-21(32)25(3,4)31(19)30-11-20-14(2)29-12-33-20/h5-7,9-10,12,21,28,30,32H,8,11H2,1-4H3/t21-/m0/s1. The summed E-state index contributed by atoms with van der Waals surface area (Å²) in [5.41, 5.74) is 7.99. The number of para-hydroxylation sites is 1.